The Morgan fingerprint density at radius 2 is 1.81 bits per heavy atom. The second-order valence-corrected chi connectivity index (χ2v) is 3.64. The van der Waals surface area contributed by atoms with Crippen molar-refractivity contribution in [2.75, 3.05) is 0 Å². The molecule has 1 unspecified atom stereocenters. The largest absolute Gasteiger partial charge is 0.405 e. The molecule has 1 atom stereocenters. The van der Waals surface area contributed by atoms with Crippen molar-refractivity contribution < 1.29 is 13.2 Å². The monoisotopic (exact) mass is 232 g/mol. The zero-order chi connectivity index (χ0) is 12.0. The van der Waals surface area contributed by atoms with Gasteiger partial charge in [-0.05, 0) is 24.8 Å². The zero-order valence-corrected chi connectivity index (χ0v) is 8.80. The Bertz CT molecular complexity index is 298. The standard InChI is InChI=1S/C11H15F3N2/c12-11(13,14)10(16-15)8-4-7-9-5-2-1-3-6-9/h1-3,5-6,10,16H,4,7-8,15H2. The maximum absolute atomic E-state index is 12.3. The molecule has 0 bridgehead atoms. The van der Waals surface area contributed by atoms with E-state index >= 15 is 0 Å². The number of aryl methyl sites for hydroxylation is 1. The van der Waals surface area contributed by atoms with Crippen molar-refractivity contribution in [2.45, 2.75) is 31.5 Å². The molecule has 0 radical (unpaired) electrons. The quantitative estimate of drug-likeness (QED) is 0.604. The average Bonchev–Trinajstić information content (AvgIpc) is 2.24. The topological polar surface area (TPSA) is 38.0 Å². The van der Waals surface area contributed by atoms with Gasteiger partial charge in [0.2, 0.25) is 0 Å². The highest BCUT2D eigenvalue weighted by Gasteiger charge is 2.38. The molecule has 1 aromatic rings. The van der Waals surface area contributed by atoms with Gasteiger partial charge in [0.05, 0.1) is 0 Å². The summed E-state index contributed by atoms with van der Waals surface area (Å²) in [4.78, 5) is 0. The molecular formula is C11H15F3N2. The van der Waals surface area contributed by atoms with E-state index in [1.807, 2.05) is 30.3 Å². The van der Waals surface area contributed by atoms with Gasteiger partial charge in [-0.2, -0.15) is 13.2 Å². The van der Waals surface area contributed by atoms with Gasteiger partial charge >= 0.3 is 6.18 Å². The Labute approximate surface area is 92.6 Å². The van der Waals surface area contributed by atoms with Crippen LogP contribution in [-0.2, 0) is 6.42 Å². The number of rotatable bonds is 5. The van der Waals surface area contributed by atoms with Gasteiger partial charge in [-0.1, -0.05) is 30.3 Å². The minimum absolute atomic E-state index is 0.00507. The van der Waals surface area contributed by atoms with Crippen molar-refractivity contribution in [1.29, 1.82) is 0 Å². The van der Waals surface area contributed by atoms with Crippen LogP contribution in [0.2, 0.25) is 0 Å². The summed E-state index contributed by atoms with van der Waals surface area (Å²) >= 11 is 0. The molecule has 5 heteroatoms. The first-order valence-electron chi connectivity index (χ1n) is 5.11. The predicted octanol–water partition coefficient (Wildman–Crippen LogP) is 2.40. The van der Waals surface area contributed by atoms with Crippen LogP contribution in [0, 0.1) is 0 Å². The fraction of sp³-hybridized carbons (Fsp3) is 0.455. The smallest absolute Gasteiger partial charge is 0.271 e. The molecule has 0 saturated heterocycles. The number of halogens is 3. The third kappa shape index (κ3) is 4.20. The van der Waals surface area contributed by atoms with Crippen LogP contribution in [0.4, 0.5) is 13.2 Å². The van der Waals surface area contributed by atoms with Crippen LogP contribution >= 0.6 is 0 Å². The molecule has 0 aliphatic heterocycles. The first-order chi connectivity index (χ1) is 7.54. The lowest BCUT2D eigenvalue weighted by atomic mass is 10.0. The van der Waals surface area contributed by atoms with Crippen molar-refractivity contribution in [3.05, 3.63) is 35.9 Å². The number of benzene rings is 1. The summed E-state index contributed by atoms with van der Waals surface area (Å²) in [6.45, 7) is 0. The van der Waals surface area contributed by atoms with Gasteiger partial charge in [-0.15, -0.1) is 0 Å². The van der Waals surface area contributed by atoms with Gasteiger partial charge in [-0.25, -0.2) is 5.43 Å². The fourth-order valence-electron chi connectivity index (χ4n) is 1.50. The molecule has 0 aliphatic rings. The van der Waals surface area contributed by atoms with Crippen LogP contribution in [0.3, 0.4) is 0 Å². The summed E-state index contributed by atoms with van der Waals surface area (Å²) < 4.78 is 36.9. The van der Waals surface area contributed by atoms with Gasteiger partial charge in [0.1, 0.15) is 6.04 Å². The Balaban J connectivity index is 2.35. The maximum atomic E-state index is 12.3. The lowest BCUT2D eigenvalue weighted by Crippen LogP contribution is -2.46. The second kappa shape index (κ2) is 5.86. The SMILES string of the molecule is NNC(CCCc1ccccc1)C(F)(F)F. The normalized spacial score (nSPS) is 13.8. The molecule has 3 N–H and O–H groups in total. The van der Waals surface area contributed by atoms with E-state index in [1.54, 1.807) is 5.43 Å². The van der Waals surface area contributed by atoms with E-state index in [0.29, 0.717) is 12.8 Å². The summed E-state index contributed by atoms with van der Waals surface area (Å²) in [5.74, 6) is 4.87. The molecule has 16 heavy (non-hydrogen) atoms. The van der Waals surface area contributed by atoms with Gasteiger partial charge < -0.3 is 0 Å². The van der Waals surface area contributed by atoms with Crippen LogP contribution in [0.1, 0.15) is 18.4 Å². The van der Waals surface area contributed by atoms with Crippen molar-refractivity contribution in [3.63, 3.8) is 0 Å². The van der Waals surface area contributed by atoms with Crippen molar-refractivity contribution >= 4 is 0 Å². The second-order valence-electron chi connectivity index (χ2n) is 3.64. The van der Waals surface area contributed by atoms with Crippen LogP contribution in [0.15, 0.2) is 30.3 Å². The van der Waals surface area contributed by atoms with E-state index in [2.05, 4.69) is 0 Å². The first kappa shape index (κ1) is 13.0. The Morgan fingerprint density at radius 1 is 1.19 bits per heavy atom. The molecule has 0 heterocycles. The third-order valence-electron chi connectivity index (χ3n) is 2.40. The summed E-state index contributed by atoms with van der Waals surface area (Å²) in [6.07, 6.45) is -3.19. The molecule has 0 spiro atoms. The maximum Gasteiger partial charge on any atom is 0.405 e. The Hall–Kier alpha value is -1.07. The number of nitrogens with two attached hydrogens (primary N) is 1. The van der Waals surface area contributed by atoms with E-state index in [0.717, 1.165) is 5.56 Å². The van der Waals surface area contributed by atoms with E-state index in [-0.39, 0.29) is 6.42 Å². The van der Waals surface area contributed by atoms with Gasteiger partial charge in [0.15, 0.2) is 0 Å². The molecule has 1 rings (SSSR count). The molecule has 0 saturated carbocycles. The highest BCUT2D eigenvalue weighted by molar-refractivity contribution is 5.14. The summed E-state index contributed by atoms with van der Waals surface area (Å²) in [5.41, 5.74) is 2.85. The summed E-state index contributed by atoms with van der Waals surface area (Å²) in [7, 11) is 0. The van der Waals surface area contributed by atoms with Crippen LogP contribution in [0.5, 0.6) is 0 Å². The lowest BCUT2D eigenvalue weighted by Gasteiger charge is -2.18. The molecule has 0 aliphatic carbocycles. The zero-order valence-electron chi connectivity index (χ0n) is 8.80. The summed E-state index contributed by atoms with van der Waals surface area (Å²) in [6, 6.07) is 7.81. The molecular weight excluding hydrogens is 217 g/mol. The number of nitrogens with one attached hydrogen (secondary N) is 1. The lowest BCUT2D eigenvalue weighted by molar-refractivity contribution is -0.157. The fourth-order valence-corrected chi connectivity index (χ4v) is 1.50. The highest BCUT2D eigenvalue weighted by Crippen LogP contribution is 2.23. The van der Waals surface area contributed by atoms with Gasteiger partial charge in [0.25, 0.3) is 0 Å². The minimum Gasteiger partial charge on any atom is -0.271 e. The molecule has 0 fully saturated rings. The van der Waals surface area contributed by atoms with E-state index in [9.17, 15) is 13.2 Å². The van der Waals surface area contributed by atoms with Crippen molar-refractivity contribution in [1.82, 2.24) is 5.43 Å². The molecule has 0 aromatic heterocycles. The van der Waals surface area contributed by atoms with E-state index in [1.165, 1.54) is 0 Å². The van der Waals surface area contributed by atoms with Gasteiger partial charge in [-0.3, -0.25) is 5.84 Å². The number of hydrazine groups is 1. The summed E-state index contributed by atoms with van der Waals surface area (Å²) in [5, 5.41) is 0. The Morgan fingerprint density at radius 3 is 2.31 bits per heavy atom. The molecule has 90 valence electrons. The van der Waals surface area contributed by atoms with Crippen LogP contribution in [-0.4, -0.2) is 12.2 Å². The number of hydrogen-bond donors (Lipinski definition) is 2. The van der Waals surface area contributed by atoms with E-state index in [4.69, 9.17) is 5.84 Å². The minimum atomic E-state index is -4.27. The van der Waals surface area contributed by atoms with Gasteiger partial charge in [0, 0.05) is 0 Å². The molecule has 2 nitrogen and oxygen atoms in total. The number of hydrogen-bond acceptors (Lipinski definition) is 2. The highest BCUT2D eigenvalue weighted by atomic mass is 19.4. The van der Waals surface area contributed by atoms with E-state index < -0.39 is 12.2 Å². The molecule has 0 amide bonds. The van der Waals surface area contributed by atoms with Crippen LogP contribution < -0.4 is 11.3 Å². The number of alkyl halides is 3. The average molecular weight is 232 g/mol. The van der Waals surface area contributed by atoms with Crippen LogP contribution in [0.25, 0.3) is 0 Å². The molecule has 1 aromatic carbocycles. The van der Waals surface area contributed by atoms with Crippen molar-refractivity contribution in [3.8, 4) is 0 Å². The van der Waals surface area contributed by atoms with Crippen molar-refractivity contribution in [2.24, 2.45) is 5.84 Å². The third-order valence-corrected chi connectivity index (χ3v) is 2.40. The predicted molar refractivity (Wildman–Crippen MR) is 56.5 cm³/mol. The first-order valence-corrected chi connectivity index (χ1v) is 5.11. The Kier molecular flexibility index (Phi) is 4.76.